The fourth-order valence-corrected chi connectivity index (χ4v) is 5.20. The molecule has 2 amide bonds. The van der Waals surface area contributed by atoms with Crippen LogP contribution in [0.5, 0.6) is 11.5 Å². The molecule has 1 aromatic heterocycles. The van der Waals surface area contributed by atoms with Crippen molar-refractivity contribution in [2.75, 3.05) is 52.7 Å². The van der Waals surface area contributed by atoms with Crippen molar-refractivity contribution in [2.45, 2.75) is 45.7 Å². The fraction of sp³-hybridized carbons (Fsp3) is 0.455. The van der Waals surface area contributed by atoms with E-state index in [1.54, 1.807) is 22.1 Å². The number of rotatable bonds is 11. The molecule has 5 rings (SSSR count). The lowest BCUT2D eigenvalue weighted by molar-refractivity contribution is -0.133. The molecule has 2 aromatic carbocycles. The van der Waals surface area contributed by atoms with Crippen molar-refractivity contribution in [1.29, 1.82) is 0 Å². The molecular formula is C33H41N3O6. The fourth-order valence-electron chi connectivity index (χ4n) is 5.20. The zero-order valence-corrected chi connectivity index (χ0v) is 24.8. The third-order valence-electron chi connectivity index (χ3n) is 7.71. The Kier molecular flexibility index (Phi) is 9.49. The van der Waals surface area contributed by atoms with Gasteiger partial charge in [-0.15, -0.1) is 0 Å². The van der Waals surface area contributed by atoms with E-state index in [0.29, 0.717) is 35.9 Å². The van der Waals surface area contributed by atoms with Crippen LogP contribution in [0.15, 0.2) is 65.3 Å². The smallest absolute Gasteiger partial charge is 0.254 e. The molecule has 0 atom stereocenters. The van der Waals surface area contributed by atoms with Gasteiger partial charge in [-0.3, -0.25) is 14.5 Å². The number of hydrogen-bond donors (Lipinski definition) is 0. The van der Waals surface area contributed by atoms with Crippen molar-refractivity contribution >= 4 is 11.8 Å². The molecule has 1 fully saturated rings. The Morgan fingerprint density at radius 1 is 0.905 bits per heavy atom. The summed E-state index contributed by atoms with van der Waals surface area (Å²) in [4.78, 5) is 33.5. The van der Waals surface area contributed by atoms with Gasteiger partial charge in [0.1, 0.15) is 12.3 Å². The maximum atomic E-state index is 13.9. The largest absolute Gasteiger partial charge is 0.467 e. The molecule has 0 unspecified atom stereocenters. The predicted molar refractivity (Wildman–Crippen MR) is 158 cm³/mol. The second-order valence-electron chi connectivity index (χ2n) is 11.9. The number of carbonyl (C=O) groups is 2. The van der Waals surface area contributed by atoms with Crippen molar-refractivity contribution in [3.63, 3.8) is 0 Å². The van der Waals surface area contributed by atoms with Crippen LogP contribution in [-0.4, -0.2) is 79.2 Å². The standard InChI is InChI=1S/C33H41N3O6/c1-33(2,3)27-10-8-26(9-11-27)32(38)35(14-5-13-34-15-18-39-19-16-34)23-31(37)36(22-28-6-4-17-40-28)21-25-7-12-29-30(20-25)42-24-41-29/h4,6-12,17,20H,5,13-16,18-19,21-24H2,1-3H3. The maximum Gasteiger partial charge on any atom is 0.254 e. The Bertz CT molecular complexity index is 1330. The van der Waals surface area contributed by atoms with E-state index in [4.69, 9.17) is 18.6 Å². The van der Waals surface area contributed by atoms with E-state index >= 15 is 0 Å². The Hall–Kier alpha value is -3.82. The first-order valence-corrected chi connectivity index (χ1v) is 14.6. The van der Waals surface area contributed by atoms with E-state index in [9.17, 15) is 9.59 Å². The molecule has 224 valence electrons. The Morgan fingerprint density at radius 2 is 1.67 bits per heavy atom. The normalized spacial score (nSPS) is 15.0. The lowest BCUT2D eigenvalue weighted by Gasteiger charge is -2.30. The second-order valence-corrected chi connectivity index (χ2v) is 11.9. The molecule has 0 saturated carbocycles. The number of morpholine rings is 1. The summed E-state index contributed by atoms with van der Waals surface area (Å²) in [6.07, 6.45) is 2.36. The van der Waals surface area contributed by atoms with Crippen molar-refractivity contribution in [2.24, 2.45) is 0 Å². The Morgan fingerprint density at radius 3 is 2.38 bits per heavy atom. The average Bonchev–Trinajstić information content (AvgIpc) is 3.68. The number of benzene rings is 2. The summed E-state index contributed by atoms with van der Waals surface area (Å²) in [6, 6.07) is 17.1. The van der Waals surface area contributed by atoms with E-state index < -0.39 is 0 Å². The van der Waals surface area contributed by atoms with Gasteiger partial charge in [-0.05, 0) is 59.4 Å². The number of fused-ring (bicyclic) bond motifs is 1. The van der Waals surface area contributed by atoms with E-state index in [-0.39, 0.29) is 37.1 Å². The third-order valence-corrected chi connectivity index (χ3v) is 7.71. The molecule has 3 aromatic rings. The van der Waals surface area contributed by atoms with Crippen LogP contribution in [0.4, 0.5) is 0 Å². The highest BCUT2D eigenvalue weighted by Crippen LogP contribution is 2.33. The molecule has 0 N–H and O–H groups in total. The molecule has 3 heterocycles. The topological polar surface area (TPSA) is 84.7 Å². The number of ether oxygens (including phenoxy) is 3. The number of hydrogen-bond acceptors (Lipinski definition) is 7. The van der Waals surface area contributed by atoms with Crippen LogP contribution in [0.1, 0.15) is 54.4 Å². The second kappa shape index (κ2) is 13.4. The van der Waals surface area contributed by atoms with Crippen molar-refractivity contribution in [1.82, 2.24) is 14.7 Å². The molecule has 42 heavy (non-hydrogen) atoms. The van der Waals surface area contributed by atoms with Gasteiger partial charge in [-0.2, -0.15) is 0 Å². The van der Waals surface area contributed by atoms with Gasteiger partial charge in [0.15, 0.2) is 11.5 Å². The highest BCUT2D eigenvalue weighted by Gasteiger charge is 2.25. The summed E-state index contributed by atoms with van der Waals surface area (Å²) < 4.78 is 22.1. The maximum absolute atomic E-state index is 13.9. The zero-order valence-electron chi connectivity index (χ0n) is 24.8. The molecule has 0 aliphatic carbocycles. The third kappa shape index (κ3) is 7.72. The van der Waals surface area contributed by atoms with Gasteiger partial charge in [0.05, 0.1) is 26.0 Å². The van der Waals surface area contributed by atoms with Crippen LogP contribution < -0.4 is 9.47 Å². The van der Waals surface area contributed by atoms with Gasteiger partial charge in [0.25, 0.3) is 5.91 Å². The number of amides is 2. The monoisotopic (exact) mass is 575 g/mol. The zero-order chi connectivity index (χ0) is 29.5. The van der Waals surface area contributed by atoms with Gasteiger partial charge in [0, 0.05) is 38.3 Å². The molecule has 9 nitrogen and oxygen atoms in total. The molecule has 2 aliphatic heterocycles. The van der Waals surface area contributed by atoms with E-state index in [0.717, 1.165) is 50.4 Å². The Labute approximate surface area is 247 Å². The minimum Gasteiger partial charge on any atom is -0.467 e. The SMILES string of the molecule is CC(C)(C)c1ccc(C(=O)N(CCCN2CCOCC2)CC(=O)N(Cc2ccc3c(c2)OCO3)Cc2ccco2)cc1. The van der Waals surface area contributed by atoms with E-state index in [1.807, 2.05) is 48.5 Å². The minimum absolute atomic E-state index is 0.0174. The first kappa shape index (κ1) is 29.7. The minimum atomic E-state index is -0.157. The van der Waals surface area contributed by atoms with E-state index in [2.05, 4.69) is 25.7 Å². The summed E-state index contributed by atoms with van der Waals surface area (Å²) in [5.41, 5.74) is 2.62. The lowest BCUT2D eigenvalue weighted by Crippen LogP contribution is -2.44. The molecule has 0 spiro atoms. The van der Waals surface area contributed by atoms with Crippen LogP contribution in [0.3, 0.4) is 0 Å². The van der Waals surface area contributed by atoms with Gasteiger partial charge >= 0.3 is 0 Å². The van der Waals surface area contributed by atoms with Gasteiger partial charge in [-0.1, -0.05) is 39.0 Å². The summed E-state index contributed by atoms with van der Waals surface area (Å²) >= 11 is 0. The molecule has 0 bridgehead atoms. The van der Waals surface area contributed by atoms with E-state index in [1.165, 1.54) is 0 Å². The lowest BCUT2D eigenvalue weighted by atomic mass is 9.86. The van der Waals surface area contributed by atoms with Crippen molar-refractivity contribution in [3.05, 3.63) is 83.3 Å². The molecule has 1 saturated heterocycles. The van der Waals surface area contributed by atoms with Crippen LogP contribution in [-0.2, 0) is 28.0 Å². The van der Waals surface area contributed by atoms with Crippen LogP contribution in [0, 0.1) is 0 Å². The highest BCUT2D eigenvalue weighted by atomic mass is 16.7. The first-order chi connectivity index (χ1) is 20.3. The van der Waals surface area contributed by atoms with Crippen LogP contribution in [0.2, 0.25) is 0 Å². The predicted octanol–water partition coefficient (Wildman–Crippen LogP) is 4.70. The first-order valence-electron chi connectivity index (χ1n) is 14.6. The number of nitrogens with zero attached hydrogens (tertiary/aromatic N) is 3. The summed E-state index contributed by atoms with van der Waals surface area (Å²) in [6.45, 7) is 11.8. The average molecular weight is 576 g/mol. The highest BCUT2D eigenvalue weighted by molar-refractivity contribution is 5.96. The molecule has 0 radical (unpaired) electrons. The Balaban J connectivity index is 1.33. The molecule has 2 aliphatic rings. The van der Waals surface area contributed by atoms with Crippen molar-refractivity contribution in [3.8, 4) is 11.5 Å². The quantitative estimate of drug-likeness (QED) is 0.328. The van der Waals surface area contributed by atoms with Gasteiger partial charge in [-0.25, -0.2) is 0 Å². The summed E-state index contributed by atoms with van der Waals surface area (Å²) in [7, 11) is 0. The molecular weight excluding hydrogens is 534 g/mol. The van der Waals surface area contributed by atoms with Crippen LogP contribution in [0.25, 0.3) is 0 Å². The number of carbonyl (C=O) groups excluding carboxylic acids is 2. The van der Waals surface area contributed by atoms with Gasteiger partial charge in [0.2, 0.25) is 12.7 Å². The molecule has 9 heteroatoms. The number of furan rings is 1. The van der Waals surface area contributed by atoms with Crippen molar-refractivity contribution < 1.29 is 28.2 Å². The van der Waals surface area contributed by atoms with Gasteiger partial charge < -0.3 is 28.4 Å². The summed E-state index contributed by atoms with van der Waals surface area (Å²) in [5, 5.41) is 0. The van der Waals surface area contributed by atoms with Crippen LogP contribution >= 0.6 is 0 Å². The summed E-state index contributed by atoms with van der Waals surface area (Å²) in [5.74, 6) is 1.72.